The molecule has 0 saturated heterocycles. The molecule has 4 aromatic carbocycles. The van der Waals surface area contributed by atoms with Gasteiger partial charge in [0.05, 0.1) is 11.0 Å². The van der Waals surface area contributed by atoms with Gasteiger partial charge in [0, 0.05) is 11.1 Å². The summed E-state index contributed by atoms with van der Waals surface area (Å²) in [6.07, 6.45) is 0. The molecule has 0 N–H and O–H groups in total. The van der Waals surface area contributed by atoms with E-state index in [0.717, 1.165) is 33.3 Å². The lowest BCUT2D eigenvalue weighted by molar-refractivity contribution is 1.06. The molecular weight excluding hydrogens is 454 g/mol. The van der Waals surface area contributed by atoms with Crippen molar-refractivity contribution in [3.63, 3.8) is 0 Å². The van der Waals surface area contributed by atoms with Crippen molar-refractivity contribution < 1.29 is 0 Å². The van der Waals surface area contributed by atoms with Crippen LogP contribution in [0.25, 0.3) is 56.5 Å². The first-order valence-electron chi connectivity index (χ1n) is 11.1. The van der Waals surface area contributed by atoms with Crippen LogP contribution >= 0.6 is 11.6 Å². The zero-order chi connectivity index (χ0) is 23.6. The van der Waals surface area contributed by atoms with Gasteiger partial charge in [-0.2, -0.15) is 0 Å². The zero-order valence-electron chi connectivity index (χ0n) is 18.5. The monoisotopic (exact) mass is 471 g/mol. The third-order valence-electron chi connectivity index (χ3n) is 5.66. The third kappa shape index (κ3) is 4.25. The van der Waals surface area contributed by atoms with E-state index in [0.29, 0.717) is 23.2 Å². The summed E-state index contributed by atoms with van der Waals surface area (Å²) >= 11 is 6.55. The number of para-hydroxylation sites is 2. The molecule has 0 spiro atoms. The highest BCUT2D eigenvalue weighted by Gasteiger charge is 2.17. The van der Waals surface area contributed by atoms with Crippen LogP contribution in [-0.4, -0.2) is 24.9 Å². The minimum absolute atomic E-state index is 0.249. The van der Waals surface area contributed by atoms with Gasteiger partial charge in [0.2, 0.25) is 0 Å². The largest absolute Gasteiger partial charge is 0.240 e. The number of fused-ring (bicyclic) bond motifs is 1. The van der Waals surface area contributed by atoms with Crippen LogP contribution in [0.2, 0.25) is 5.15 Å². The quantitative estimate of drug-likeness (QED) is 0.273. The minimum Gasteiger partial charge on any atom is -0.240 e. The molecule has 2 aromatic heterocycles. The topological polar surface area (TPSA) is 64.5 Å². The zero-order valence-corrected chi connectivity index (χ0v) is 19.3. The summed E-state index contributed by atoms with van der Waals surface area (Å²) in [6.45, 7) is 0. The standard InChI is InChI=1S/C29H18ClN5/c30-26-25(31-23-13-7-8-14-24(23)32-26)29-34-27(21-11-5-2-6-12-21)33-28(35-29)22-17-15-20(16-18-22)19-9-3-1-4-10-19/h1-18H. The Kier molecular flexibility index (Phi) is 5.45. The molecular formula is C29H18ClN5. The van der Waals surface area contributed by atoms with Gasteiger partial charge in [-0.05, 0) is 23.3 Å². The fourth-order valence-electron chi connectivity index (χ4n) is 3.89. The van der Waals surface area contributed by atoms with Gasteiger partial charge in [-0.1, -0.05) is 109 Å². The van der Waals surface area contributed by atoms with Crippen LogP contribution in [0.1, 0.15) is 0 Å². The van der Waals surface area contributed by atoms with E-state index in [1.54, 1.807) is 0 Å². The van der Waals surface area contributed by atoms with E-state index in [9.17, 15) is 0 Å². The lowest BCUT2D eigenvalue weighted by Crippen LogP contribution is -2.02. The molecule has 35 heavy (non-hydrogen) atoms. The summed E-state index contributed by atoms with van der Waals surface area (Å²) in [5, 5.41) is 0.249. The Morgan fingerprint density at radius 1 is 0.371 bits per heavy atom. The van der Waals surface area contributed by atoms with Crippen molar-refractivity contribution in [2.75, 3.05) is 0 Å². The Hall–Kier alpha value is -4.48. The average Bonchev–Trinajstić information content (AvgIpc) is 2.93. The van der Waals surface area contributed by atoms with Crippen molar-refractivity contribution >= 4 is 22.6 Å². The number of nitrogens with zero attached hydrogens (tertiary/aromatic N) is 5. The number of rotatable bonds is 4. The van der Waals surface area contributed by atoms with Crippen molar-refractivity contribution in [3.8, 4) is 45.4 Å². The van der Waals surface area contributed by atoms with Crippen LogP contribution in [-0.2, 0) is 0 Å². The predicted molar refractivity (Wildman–Crippen MR) is 140 cm³/mol. The van der Waals surface area contributed by atoms with Crippen molar-refractivity contribution in [2.24, 2.45) is 0 Å². The molecule has 6 heteroatoms. The summed E-state index contributed by atoms with van der Waals surface area (Å²) in [4.78, 5) is 23.5. The van der Waals surface area contributed by atoms with Gasteiger partial charge in [0.15, 0.2) is 22.6 Å². The highest BCUT2D eigenvalue weighted by molar-refractivity contribution is 6.32. The maximum atomic E-state index is 6.55. The third-order valence-corrected chi connectivity index (χ3v) is 5.92. The summed E-state index contributed by atoms with van der Waals surface area (Å²) in [5.74, 6) is 1.47. The number of hydrogen-bond donors (Lipinski definition) is 0. The van der Waals surface area contributed by atoms with Gasteiger partial charge in [0.25, 0.3) is 0 Å². The summed E-state index contributed by atoms with van der Waals surface area (Å²) in [7, 11) is 0. The fourth-order valence-corrected chi connectivity index (χ4v) is 4.11. The molecule has 0 aliphatic heterocycles. The Labute approximate surface area is 207 Å². The van der Waals surface area contributed by atoms with E-state index in [4.69, 9.17) is 31.5 Å². The summed E-state index contributed by atoms with van der Waals surface area (Å²) in [6, 6.07) is 35.8. The van der Waals surface area contributed by atoms with Crippen molar-refractivity contribution in [1.29, 1.82) is 0 Å². The maximum absolute atomic E-state index is 6.55. The van der Waals surface area contributed by atoms with Crippen LogP contribution in [0.3, 0.4) is 0 Å². The molecule has 0 aliphatic carbocycles. The second kappa shape index (κ2) is 9.05. The highest BCUT2D eigenvalue weighted by atomic mass is 35.5. The fraction of sp³-hybridized carbons (Fsp3) is 0. The normalized spacial score (nSPS) is 11.0. The van der Waals surface area contributed by atoms with Crippen LogP contribution in [0.4, 0.5) is 0 Å². The molecule has 0 amide bonds. The molecule has 0 fully saturated rings. The molecule has 0 radical (unpaired) electrons. The molecule has 6 aromatic rings. The molecule has 6 rings (SSSR count). The molecule has 0 saturated carbocycles. The lowest BCUT2D eigenvalue weighted by Gasteiger charge is -2.10. The number of aromatic nitrogens is 5. The summed E-state index contributed by atoms with van der Waals surface area (Å²) in [5.41, 5.74) is 5.89. The maximum Gasteiger partial charge on any atom is 0.185 e. The van der Waals surface area contributed by atoms with E-state index in [-0.39, 0.29) is 5.15 Å². The van der Waals surface area contributed by atoms with E-state index in [1.807, 2.05) is 84.9 Å². The number of benzene rings is 4. The first-order chi connectivity index (χ1) is 17.2. The van der Waals surface area contributed by atoms with Crippen LogP contribution in [0, 0.1) is 0 Å². The van der Waals surface area contributed by atoms with Crippen LogP contribution < -0.4 is 0 Å². The second-order valence-corrected chi connectivity index (χ2v) is 8.33. The molecule has 5 nitrogen and oxygen atoms in total. The number of halogens is 1. The SMILES string of the molecule is Clc1nc2ccccc2nc1-c1nc(-c2ccccc2)nc(-c2ccc(-c3ccccc3)cc2)n1. The Bertz CT molecular complexity index is 1640. The van der Waals surface area contributed by atoms with Gasteiger partial charge in [-0.15, -0.1) is 0 Å². The molecule has 0 atom stereocenters. The Morgan fingerprint density at radius 3 is 1.43 bits per heavy atom. The van der Waals surface area contributed by atoms with E-state index < -0.39 is 0 Å². The minimum atomic E-state index is 0.249. The van der Waals surface area contributed by atoms with E-state index in [1.165, 1.54) is 0 Å². The second-order valence-electron chi connectivity index (χ2n) is 7.97. The van der Waals surface area contributed by atoms with Gasteiger partial charge in [-0.3, -0.25) is 0 Å². The van der Waals surface area contributed by atoms with Crippen molar-refractivity contribution in [3.05, 3.63) is 114 Å². The van der Waals surface area contributed by atoms with Crippen LogP contribution in [0.5, 0.6) is 0 Å². The van der Waals surface area contributed by atoms with Gasteiger partial charge in [0.1, 0.15) is 5.69 Å². The van der Waals surface area contributed by atoms with Gasteiger partial charge < -0.3 is 0 Å². The Balaban J connectivity index is 1.50. The highest BCUT2D eigenvalue weighted by Crippen LogP contribution is 2.29. The predicted octanol–water partition coefficient (Wildman–Crippen LogP) is 7.14. The average molecular weight is 472 g/mol. The molecule has 0 unspecified atom stereocenters. The number of hydrogen-bond acceptors (Lipinski definition) is 5. The van der Waals surface area contributed by atoms with Crippen molar-refractivity contribution in [1.82, 2.24) is 24.9 Å². The lowest BCUT2D eigenvalue weighted by atomic mass is 10.0. The Morgan fingerprint density at radius 2 is 0.800 bits per heavy atom. The molecule has 0 bridgehead atoms. The van der Waals surface area contributed by atoms with Crippen molar-refractivity contribution in [2.45, 2.75) is 0 Å². The summed E-state index contributed by atoms with van der Waals surface area (Å²) < 4.78 is 0. The van der Waals surface area contributed by atoms with Gasteiger partial charge >= 0.3 is 0 Å². The molecule has 166 valence electrons. The first kappa shape index (κ1) is 21.1. The first-order valence-corrected chi connectivity index (χ1v) is 11.5. The van der Waals surface area contributed by atoms with E-state index >= 15 is 0 Å². The van der Waals surface area contributed by atoms with Crippen LogP contribution in [0.15, 0.2) is 109 Å². The molecule has 2 heterocycles. The van der Waals surface area contributed by atoms with E-state index in [2.05, 4.69) is 29.2 Å². The van der Waals surface area contributed by atoms with Gasteiger partial charge in [-0.25, -0.2) is 24.9 Å². The smallest absolute Gasteiger partial charge is 0.185 e. The molecule has 0 aliphatic rings.